The van der Waals surface area contributed by atoms with Gasteiger partial charge in [0.25, 0.3) is 0 Å². The van der Waals surface area contributed by atoms with Gasteiger partial charge < -0.3 is 10.4 Å². The number of rotatable bonds is 6. The molecule has 1 aromatic carbocycles. The SMILES string of the molecule is Cc1ccc([C@H](CC(=O)O)NC(=O)[C@H](C)N2C(=O)[C@H]3CCCC[C@H]3C2=O)cc1. The molecule has 2 N–H and O–H groups in total. The zero-order valence-corrected chi connectivity index (χ0v) is 16.2. The molecule has 3 rings (SSSR count). The van der Waals surface area contributed by atoms with E-state index in [1.165, 1.54) is 6.92 Å². The van der Waals surface area contributed by atoms with Crippen LogP contribution in [0.1, 0.15) is 56.2 Å². The largest absolute Gasteiger partial charge is 0.481 e. The highest BCUT2D eigenvalue weighted by molar-refractivity contribution is 6.08. The molecule has 0 bridgehead atoms. The molecule has 1 aliphatic heterocycles. The molecule has 3 amide bonds. The van der Waals surface area contributed by atoms with E-state index in [-0.39, 0.29) is 30.1 Å². The zero-order chi connectivity index (χ0) is 20.4. The summed E-state index contributed by atoms with van der Waals surface area (Å²) < 4.78 is 0. The number of hydrogen-bond acceptors (Lipinski definition) is 4. The lowest BCUT2D eigenvalue weighted by Gasteiger charge is -2.25. The van der Waals surface area contributed by atoms with Crippen molar-refractivity contribution in [3.8, 4) is 0 Å². The molecule has 0 spiro atoms. The van der Waals surface area contributed by atoms with Gasteiger partial charge in [-0.2, -0.15) is 0 Å². The second-order valence-corrected chi connectivity index (χ2v) is 7.79. The molecule has 7 nitrogen and oxygen atoms in total. The average Bonchev–Trinajstić information content (AvgIpc) is 2.92. The third kappa shape index (κ3) is 3.93. The van der Waals surface area contributed by atoms with Crippen LogP contribution in [0.2, 0.25) is 0 Å². The van der Waals surface area contributed by atoms with Crippen LogP contribution in [0, 0.1) is 18.8 Å². The summed E-state index contributed by atoms with van der Waals surface area (Å²) >= 11 is 0. The lowest BCUT2D eigenvalue weighted by atomic mass is 9.81. The Morgan fingerprint density at radius 3 is 2.14 bits per heavy atom. The van der Waals surface area contributed by atoms with Crippen molar-refractivity contribution in [1.29, 1.82) is 0 Å². The number of imide groups is 1. The first-order valence-electron chi connectivity index (χ1n) is 9.75. The van der Waals surface area contributed by atoms with Crippen LogP contribution in [-0.4, -0.2) is 39.7 Å². The van der Waals surface area contributed by atoms with Crippen LogP contribution in [0.5, 0.6) is 0 Å². The van der Waals surface area contributed by atoms with Crippen molar-refractivity contribution in [2.24, 2.45) is 11.8 Å². The van der Waals surface area contributed by atoms with E-state index in [4.69, 9.17) is 0 Å². The van der Waals surface area contributed by atoms with E-state index in [1.807, 2.05) is 19.1 Å². The smallest absolute Gasteiger partial charge is 0.305 e. The summed E-state index contributed by atoms with van der Waals surface area (Å²) in [6.07, 6.45) is 2.93. The molecule has 1 aliphatic carbocycles. The number of nitrogens with one attached hydrogen (secondary N) is 1. The molecule has 1 heterocycles. The minimum atomic E-state index is -1.04. The summed E-state index contributed by atoms with van der Waals surface area (Å²) in [7, 11) is 0. The number of carbonyl (C=O) groups is 4. The molecular weight excluding hydrogens is 360 g/mol. The second-order valence-electron chi connectivity index (χ2n) is 7.79. The number of carboxylic acids is 1. The first-order chi connectivity index (χ1) is 13.3. The Morgan fingerprint density at radius 2 is 1.64 bits per heavy atom. The molecule has 0 aromatic heterocycles. The van der Waals surface area contributed by atoms with Crippen molar-refractivity contribution < 1.29 is 24.3 Å². The van der Waals surface area contributed by atoms with E-state index in [1.54, 1.807) is 12.1 Å². The zero-order valence-electron chi connectivity index (χ0n) is 16.2. The summed E-state index contributed by atoms with van der Waals surface area (Å²) in [6.45, 7) is 3.44. The Kier molecular flexibility index (Phi) is 5.82. The topological polar surface area (TPSA) is 104 Å². The number of benzene rings is 1. The van der Waals surface area contributed by atoms with Gasteiger partial charge in [0.1, 0.15) is 6.04 Å². The number of amides is 3. The fourth-order valence-corrected chi connectivity index (χ4v) is 4.20. The van der Waals surface area contributed by atoms with Crippen molar-refractivity contribution >= 4 is 23.7 Å². The fraction of sp³-hybridized carbons (Fsp3) is 0.524. The standard InChI is InChI=1S/C21H26N2O5/c1-12-7-9-14(10-8-12)17(11-18(24)25)22-19(26)13(2)23-20(27)15-5-3-4-6-16(15)21(23)28/h7-10,13,15-17H,3-6,11H2,1-2H3,(H,22,26)(H,24,25)/t13-,15-,16+,17-/m0/s1. The van der Waals surface area contributed by atoms with Gasteiger partial charge in [-0.15, -0.1) is 0 Å². The minimum Gasteiger partial charge on any atom is -0.481 e. The summed E-state index contributed by atoms with van der Waals surface area (Å²) in [6, 6.07) is 5.54. The van der Waals surface area contributed by atoms with Gasteiger partial charge in [0.15, 0.2) is 0 Å². The number of aliphatic carboxylic acids is 1. The predicted octanol–water partition coefficient (Wildman–Crippen LogP) is 2.19. The van der Waals surface area contributed by atoms with Gasteiger partial charge >= 0.3 is 5.97 Å². The van der Waals surface area contributed by atoms with E-state index >= 15 is 0 Å². The van der Waals surface area contributed by atoms with Crippen LogP contribution in [-0.2, 0) is 19.2 Å². The Balaban J connectivity index is 1.75. The molecule has 7 heteroatoms. The Morgan fingerprint density at radius 1 is 1.11 bits per heavy atom. The summed E-state index contributed by atoms with van der Waals surface area (Å²) in [5.41, 5.74) is 1.69. The van der Waals surface area contributed by atoms with Crippen LogP contribution in [0.3, 0.4) is 0 Å². The van der Waals surface area contributed by atoms with E-state index in [9.17, 15) is 24.3 Å². The van der Waals surface area contributed by atoms with Gasteiger partial charge in [-0.3, -0.25) is 24.1 Å². The van der Waals surface area contributed by atoms with Crippen LogP contribution in [0.4, 0.5) is 0 Å². The van der Waals surface area contributed by atoms with Gasteiger partial charge in [0.2, 0.25) is 17.7 Å². The first-order valence-corrected chi connectivity index (χ1v) is 9.75. The molecule has 2 aliphatic rings. The summed E-state index contributed by atoms with van der Waals surface area (Å²) in [5.74, 6) is -2.75. The lowest BCUT2D eigenvalue weighted by molar-refractivity contribution is -0.148. The quantitative estimate of drug-likeness (QED) is 0.730. The molecule has 150 valence electrons. The number of carbonyl (C=O) groups excluding carboxylic acids is 3. The van der Waals surface area contributed by atoms with E-state index < -0.39 is 24.0 Å². The number of carboxylic acid groups (broad SMARTS) is 1. The van der Waals surface area contributed by atoms with Gasteiger partial charge in [0, 0.05) is 0 Å². The Labute approximate surface area is 164 Å². The van der Waals surface area contributed by atoms with Gasteiger partial charge in [-0.25, -0.2) is 0 Å². The van der Waals surface area contributed by atoms with Gasteiger partial charge in [-0.05, 0) is 32.3 Å². The highest BCUT2D eigenvalue weighted by Crippen LogP contribution is 2.38. The maximum atomic E-state index is 12.8. The van der Waals surface area contributed by atoms with Crippen LogP contribution in [0.25, 0.3) is 0 Å². The number of nitrogens with zero attached hydrogens (tertiary/aromatic N) is 1. The molecule has 28 heavy (non-hydrogen) atoms. The maximum Gasteiger partial charge on any atom is 0.305 e. The van der Waals surface area contributed by atoms with Crippen molar-refractivity contribution in [2.45, 2.75) is 58.0 Å². The Hall–Kier alpha value is -2.70. The van der Waals surface area contributed by atoms with Crippen LogP contribution >= 0.6 is 0 Å². The normalized spacial score (nSPS) is 23.9. The number of hydrogen-bond donors (Lipinski definition) is 2. The minimum absolute atomic E-state index is 0.275. The lowest BCUT2D eigenvalue weighted by Crippen LogP contribution is -2.49. The van der Waals surface area contributed by atoms with Crippen molar-refractivity contribution in [2.75, 3.05) is 0 Å². The van der Waals surface area contributed by atoms with Crippen molar-refractivity contribution in [3.05, 3.63) is 35.4 Å². The summed E-state index contributed by atoms with van der Waals surface area (Å²) in [4.78, 5) is 50.6. The maximum absolute atomic E-state index is 12.8. The highest BCUT2D eigenvalue weighted by atomic mass is 16.4. The molecule has 4 atom stereocenters. The molecule has 1 saturated carbocycles. The molecule has 0 radical (unpaired) electrons. The molecule has 2 fully saturated rings. The van der Waals surface area contributed by atoms with Gasteiger partial charge in [-0.1, -0.05) is 42.7 Å². The first kappa shape index (κ1) is 20.0. The molecular formula is C21H26N2O5. The molecule has 0 unspecified atom stereocenters. The highest BCUT2D eigenvalue weighted by Gasteiger charge is 2.50. The van der Waals surface area contributed by atoms with Crippen molar-refractivity contribution in [1.82, 2.24) is 10.2 Å². The number of fused-ring (bicyclic) bond motifs is 1. The fourth-order valence-electron chi connectivity index (χ4n) is 4.20. The monoisotopic (exact) mass is 386 g/mol. The van der Waals surface area contributed by atoms with E-state index in [0.717, 1.165) is 23.3 Å². The molecule has 1 saturated heterocycles. The average molecular weight is 386 g/mol. The predicted molar refractivity (Wildman–Crippen MR) is 101 cm³/mol. The summed E-state index contributed by atoms with van der Waals surface area (Å²) in [5, 5.41) is 11.9. The van der Waals surface area contributed by atoms with E-state index in [2.05, 4.69) is 5.32 Å². The second kappa shape index (κ2) is 8.12. The number of likely N-dealkylation sites (tertiary alicyclic amines) is 1. The van der Waals surface area contributed by atoms with Gasteiger partial charge in [0.05, 0.1) is 24.3 Å². The third-order valence-corrected chi connectivity index (χ3v) is 5.82. The molecule has 1 aromatic rings. The van der Waals surface area contributed by atoms with E-state index in [0.29, 0.717) is 18.4 Å². The van der Waals surface area contributed by atoms with Crippen molar-refractivity contribution in [3.63, 3.8) is 0 Å². The van der Waals surface area contributed by atoms with Crippen LogP contribution < -0.4 is 5.32 Å². The number of aryl methyl sites for hydroxylation is 1. The Bertz CT molecular complexity index is 764. The van der Waals surface area contributed by atoms with Crippen LogP contribution in [0.15, 0.2) is 24.3 Å². The third-order valence-electron chi connectivity index (χ3n) is 5.82.